The van der Waals surface area contributed by atoms with E-state index in [1.807, 2.05) is 23.1 Å². The first-order chi connectivity index (χ1) is 11.6. The largest absolute Gasteiger partial charge is 0.497 e. The Morgan fingerprint density at radius 1 is 1.25 bits per heavy atom. The highest BCUT2D eigenvalue weighted by Crippen LogP contribution is 2.43. The monoisotopic (exact) mass is 352 g/mol. The molecule has 1 amide bonds. The summed E-state index contributed by atoms with van der Waals surface area (Å²) in [5.41, 5.74) is 1.01. The molecule has 0 radical (unpaired) electrons. The van der Waals surface area contributed by atoms with Crippen molar-refractivity contribution in [2.75, 3.05) is 46.2 Å². The Morgan fingerprint density at radius 3 is 2.62 bits per heavy atom. The van der Waals surface area contributed by atoms with E-state index in [1.165, 1.54) is 0 Å². The number of amides is 1. The highest BCUT2D eigenvalue weighted by atomic mass is 32.2. The molecule has 0 aromatic heterocycles. The average Bonchev–Trinajstić information content (AvgIpc) is 2.98. The Kier molecular flexibility index (Phi) is 7.24. The van der Waals surface area contributed by atoms with Gasteiger partial charge in [-0.1, -0.05) is 13.8 Å². The second-order valence-electron chi connectivity index (χ2n) is 5.74. The molecule has 1 fully saturated rings. The molecular weight excluding hydrogens is 324 g/mol. The van der Waals surface area contributed by atoms with Crippen LogP contribution in [-0.4, -0.2) is 61.9 Å². The summed E-state index contributed by atoms with van der Waals surface area (Å²) in [7, 11) is 3.32. The molecule has 0 saturated carbocycles. The van der Waals surface area contributed by atoms with Crippen molar-refractivity contribution in [1.82, 2.24) is 9.80 Å². The quantitative estimate of drug-likeness (QED) is 0.683. The minimum Gasteiger partial charge on any atom is -0.497 e. The van der Waals surface area contributed by atoms with Gasteiger partial charge in [-0.3, -0.25) is 4.79 Å². The third-order valence-electron chi connectivity index (χ3n) is 4.44. The van der Waals surface area contributed by atoms with E-state index in [1.54, 1.807) is 26.0 Å². The molecule has 1 heterocycles. The zero-order valence-electron chi connectivity index (χ0n) is 15.1. The van der Waals surface area contributed by atoms with Crippen LogP contribution < -0.4 is 9.47 Å². The zero-order chi connectivity index (χ0) is 17.5. The zero-order valence-corrected chi connectivity index (χ0v) is 15.9. The van der Waals surface area contributed by atoms with Crippen LogP contribution in [0, 0.1) is 0 Å². The van der Waals surface area contributed by atoms with Crippen molar-refractivity contribution in [2.24, 2.45) is 0 Å². The number of nitrogens with zero attached hydrogens (tertiary/aromatic N) is 2. The van der Waals surface area contributed by atoms with Crippen molar-refractivity contribution in [3.05, 3.63) is 23.8 Å². The predicted molar refractivity (Wildman–Crippen MR) is 98.9 cm³/mol. The van der Waals surface area contributed by atoms with Crippen molar-refractivity contribution < 1.29 is 14.3 Å². The van der Waals surface area contributed by atoms with Crippen LogP contribution in [0.2, 0.25) is 0 Å². The van der Waals surface area contributed by atoms with Crippen LogP contribution in [0.5, 0.6) is 11.5 Å². The van der Waals surface area contributed by atoms with E-state index in [4.69, 9.17) is 9.47 Å². The fourth-order valence-electron chi connectivity index (χ4n) is 2.99. The van der Waals surface area contributed by atoms with E-state index in [0.717, 1.165) is 49.7 Å². The van der Waals surface area contributed by atoms with Crippen LogP contribution in [0.25, 0.3) is 0 Å². The van der Waals surface area contributed by atoms with Gasteiger partial charge in [-0.15, -0.1) is 11.8 Å². The van der Waals surface area contributed by atoms with Gasteiger partial charge in [-0.05, 0) is 44.3 Å². The molecule has 5 nitrogen and oxygen atoms in total. The summed E-state index contributed by atoms with van der Waals surface area (Å²) in [6, 6.07) is 5.77. The van der Waals surface area contributed by atoms with E-state index < -0.39 is 0 Å². The van der Waals surface area contributed by atoms with Gasteiger partial charge >= 0.3 is 0 Å². The molecule has 0 N–H and O–H groups in total. The Morgan fingerprint density at radius 2 is 2.00 bits per heavy atom. The topological polar surface area (TPSA) is 42.0 Å². The van der Waals surface area contributed by atoms with E-state index in [0.29, 0.717) is 5.75 Å². The summed E-state index contributed by atoms with van der Waals surface area (Å²) in [4.78, 5) is 16.7. The van der Waals surface area contributed by atoms with Gasteiger partial charge in [0, 0.05) is 12.1 Å². The number of ether oxygens (including phenoxy) is 2. The van der Waals surface area contributed by atoms with Gasteiger partial charge in [0.15, 0.2) is 0 Å². The number of carbonyl (C=O) groups excluding carboxylic acids is 1. The number of thioether (sulfide) groups is 1. The lowest BCUT2D eigenvalue weighted by Gasteiger charge is -2.27. The SMILES string of the molecule is CCN(CC)CCCN1C(=O)CSC1c1cc(OC)ccc1OC. The molecule has 24 heavy (non-hydrogen) atoms. The van der Waals surface area contributed by atoms with E-state index in [9.17, 15) is 4.79 Å². The van der Waals surface area contributed by atoms with Crippen molar-refractivity contribution in [1.29, 1.82) is 0 Å². The Balaban J connectivity index is 2.12. The molecular formula is C18H28N2O3S. The molecule has 1 aliphatic rings. The van der Waals surface area contributed by atoms with Gasteiger partial charge in [-0.2, -0.15) is 0 Å². The Labute approximate surface area is 149 Å². The van der Waals surface area contributed by atoms with E-state index in [2.05, 4.69) is 18.7 Å². The summed E-state index contributed by atoms with van der Waals surface area (Å²) in [6.45, 7) is 8.23. The fraction of sp³-hybridized carbons (Fsp3) is 0.611. The van der Waals surface area contributed by atoms with Gasteiger partial charge in [0.25, 0.3) is 0 Å². The minimum absolute atomic E-state index is 0.000692. The van der Waals surface area contributed by atoms with Gasteiger partial charge < -0.3 is 19.3 Å². The third kappa shape index (κ3) is 4.36. The number of rotatable bonds is 9. The molecule has 1 saturated heterocycles. The maximum atomic E-state index is 12.3. The molecule has 0 bridgehead atoms. The number of methoxy groups -OCH3 is 2. The summed E-state index contributed by atoms with van der Waals surface area (Å²) in [5, 5.41) is -0.000692. The number of hydrogen-bond acceptors (Lipinski definition) is 5. The van der Waals surface area contributed by atoms with Crippen LogP contribution in [0.15, 0.2) is 18.2 Å². The van der Waals surface area contributed by atoms with Crippen LogP contribution in [0.4, 0.5) is 0 Å². The van der Waals surface area contributed by atoms with Crippen LogP contribution in [0.1, 0.15) is 31.2 Å². The molecule has 0 spiro atoms. The van der Waals surface area contributed by atoms with E-state index >= 15 is 0 Å². The highest BCUT2D eigenvalue weighted by molar-refractivity contribution is 8.00. The molecule has 1 aliphatic heterocycles. The first-order valence-corrected chi connectivity index (χ1v) is 9.54. The van der Waals surface area contributed by atoms with Gasteiger partial charge in [0.05, 0.1) is 20.0 Å². The average molecular weight is 353 g/mol. The molecule has 6 heteroatoms. The maximum Gasteiger partial charge on any atom is 0.233 e. The first kappa shape index (κ1) is 18.9. The number of benzene rings is 1. The second-order valence-corrected chi connectivity index (χ2v) is 6.81. The van der Waals surface area contributed by atoms with Crippen LogP contribution >= 0.6 is 11.8 Å². The molecule has 1 atom stereocenters. The maximum absolute atomic E-state index is 12.3. The molecule has 134 valence electrons. The lowest BCUT2D eigenvalue weighted by Crippen LogP contribution is -2.32. The van der Waals surface area contributed by atoms with Crippen molar-refractivity contribution in [3.8, 4) is 11.5 Å². The molecule has 1 aromatic rings. The standard InChI is InChI=1S/C18H28N2O3S/c1-5-19(6-2)10-7-11-20-17(21)13-24-18(20)15-12-14(22-3)8-9-16(15)23-4/h8-9,12,18H,5-7,10-11,13H2,1-4H3. The van der Waals surface area contributed by atoms with Crippen LogP contribution in [-0.2, 0) is 4.79 Å². The van der Waals surface area contributed by atoms with Crippen LogP contribution in [0.3, 0.4) is 0 Å². The highest BCUT2D eigenvalue weighted by Gasteiger charge is 2.34. The van der Waals surface area contributed by atoms with Crippen molar-refractivity contribution in [2.45, 2.75) is 25.6 Å². The third-order valence-corrected chi connectivity index (χ3v) is 5.68. The molecule has 1 unspecified atom stereocenters. The summed E-state index contributed by atoms with van der Waals surface area (Å²) in [6.07, 6.45) is 0.983. The Hall–Kier alpha value is -1.40. The first-order valence-electron chi connectivity index (χ1n) is 8.49. The van der Waals surface area contributed by atoms with Crippen molar-refractivity contribution >= 4 is 17.7 Å². The van der Waals surface area contributed by atoms with Gasteiger partial charge in [-0.25, -0.2) is 0 Å². The van der Waals surface area contributed by atoms with E-state index in [-0.39, 0.29) is 11.3 Å². The lowest BCUT2D eigenvalue weighted by atomic mass is 10.1. The van der Waals surface area contributed by atoms with Gasteiger partial charge in [0.1, 0.15) is 16.9 Å². The summed E-state index contributed by atoms with van der Waals surface area (Å²) >= 11 is 1.66. The molecule has 2 rings (SSSR count). The predicted octanol–water partition coefficient (Wildman–Crippen LogP) is 3.01. The lowest BCUT2D eigenvalue weighted by molar-refractivity contribution is -0.128. The smallest absolute Gasteiger partial charge is 0.233 e. The van der Waals surface area contributed by atoms with Gasteiger partial charge in [0.2, 0.25) is 5.91 Å². The van der Waals surface area contributed by atoms with Crippen molar-refractivity contribution in [3.63, 3.8) is 0 Å². The second kappa shape index (κ2) is 9.18. The minimum atomic E-state index is -0.000692. The summed E-state index contributed by atoms with van der Waals surface area (Å²) in [5.74, 6) is 2.32. The molecule has 0 aliphatic carbocycles. The summed E-state index contributed by atoms with van der Waals surface area (Å²) < 4.78 is 10.8. The fourth-order valence-corrected chi connectivity index (χ4v) is 4.22. The normalized spacial score (nSPS) is 17.6. The number of hydrogen-bond donors (Lipinski definition) is 0. The number of carbonyl (C=O) groups is 1. The molecule has 1 aromatic carbocycles. The Bertz CT molecular complexity index is 549.